The first-order valence-corrected chi connectivity index (χ1v) is 9.54. The van der Waals surface area contributed by atoms with Crippen LogP contribution < -0.4 is 0 Å². The number of rotatable bonds is 6. The number of hydrogen-bond donors (Lipinski definition) is 1. The standard InChI is InChI=1S/C14H20Cl2N2O4S/c1-2-22-8-7-17-3-5-18(6-4-17)23(20,21)13-10-11(15)9-12(16)14(13)19/h9-10,19H,2-8H2,1H3. The molecular formula is C14H20Cl2N2O4S. The molecule has 1 aromatic carbocycles. The minimum Gasteiger partial charge on any atom is -0.505 e. The van der Waals surface area contributed by atoms with Gasteiger partial charge in [0.15, 0.2) is 5.75 Å². The Hall–Kier alpha value is -0.570. The van der Waals surface area contributed by atoms with Crippen molar-refractivity contribution in [3.63, 3.8) is 0 Å². The molecule has 1 aromatic rings. The molecule has 0 unspecified atom stereocenters. The molecule has 0 atom stereocenters. The van der Waals surface area contributed by atoms with Gasteiger partial charge >= 0.3 is 0 Å². The number of sulfonamides is 1. The van der Waals surface area contributed by atoms with Crippen molar-refractivity contribution in [2.45, 2.75) is 11.8 Å². The molecule has 9 heteroatoms. The van der Waals surface area contributed by atoms with Gasteiger partial charge in [0.2, 0.25) is 10.0 Å². The number of benzene rings is 1. The first kappa shape index (κ1) is 18.8. The second kappa shape index (κ2) is 8.00. The van der Waals surface area contributed by atoms with Crippen LogP contribution in [0.4, 0.5) is 0 Å². The summed E-state index contributed by atoms with van der Waals surface area (Å²) in [5.74, 6) is -0.463. The molecule has 1 heterocycles. The molecule has 0 radical (unpaired) electrons. The van der Waals surface area contributed by atoms with Gasteiger partial charge in [-0.15, -0.1) is 0 Å². The maximum absolute atomic E-state index is 12.7. The number of ether oxygens (including phenoxy) is 1. The number of piperazine rings is 1. The van der Waals surface area contributed by atoms with Crippen molar-refractivity contribution < 1.29 is 18.3 Å². The van der Waals surface area contributed by atoms with Crippen LogP contribution in [0.5, 0.6) is 5.75 Å². The van der Waals surface area contributed by atoms with Crippen molar-refractivity contribution in [2.24, 2.45) is 0 Å². The lowest BCUT2D eigenvalue weighted by Gasteiger charge is -2.34. The Morgan fingerprint density at radius 3 is 2.48 bits per heavy atom. The second-order valence-corrected chi connectivity index (χ2v) is 7.93. The molecule has 23 heavy (non-hydrogen) atoms. The van der Waals surface area contributed by atoms with Gasteiger partial charge in [0.05, 0.1) is 11.6 Å². The Labute approximate surface area is 146 Å². The molecule has 1 N–H and O–H groups in total. The number of phenolic OH excluding ortho intramolecular Hbond substituents is 1. The minimum atomic E-state index is -3.83. The van der Waals surface area contributed by atoms with Crippen molar-refractivity contribution in [3.8, 4) is 5.75 Å². The summed E-state index contributed by atoms with van der Waals surface area (Å²) in [6.45, 7) is 5.93. The lowest BCUT2D eigenvalue weighted by atomic mass is 10.3. The fourth-order valence-electron chi connectivity index (χ4n) is 2.41. The number of phenols is 1. The zero-order chi connectivity index (χ0) is 17.0. The lowest BCUT2D eigenvalue weighted by Crippen LogP contribution is -2.49. The van der Waals surface area contributed by atoms with E-state index in [1.54, 1.807) is 0 Å². The van der Waals surface area contributed by atoms with Gasteiger partial charge in [-0.05, 0) is 19.1 Å². The minimum absolute atomic E-state index is 0.0774. The Kier molecular flexibility index (Phi) is 6.53. The predicted octanol–water partition coefficient (Wildman–Crippen LogP) is 2.04. The van der Waals surface area contributed by atoms with Crippen LogP contribution in [0.25, 0.3) is 0 Å². The largest absolute Gasteiger partial charge is 0.505 e. The average Bonchev–Trinajstić information content (AvgIpc) is 2.51. The van der Waals surface area contributed by atoms with Crippen molar-refractivity contribution in [1.29, 1.82) is 0 Å². The molecule has 0 aliphatic carbocycles. The Morgan fingerprint density at radius 1 is 1.22 bits per heavy atom. The third-order valence-corrected chi connectivity index (χ3v) is 6.12. The molecule has 1 fully saturated rings. The number of aromatic hydroxyl groups is 1. The number of nitrogens with zero attached hydrogens (tertiary/aromatic N) is 2. The van der Waals surface area contributed by atoms with Gasteiger partial charge in [-0.25, -0.2) is 8.42 Å². The summed E-state index contributed by atoms with van der Waals surface area (Å²) in [4.78, 5) is 1.89. The molecule has 0 bridgehead atoms. The van der Waals surface area contributed by atoms with Crippen LogP contribution in [0.1, 0.15) is 6.92 Å². The quantitative estimate of drug-likeness (QED) is 0.762. The smallest absolute Gasteiger partial charge is 0.246 e. The molecular weight excluding hydrogens is 363 g/mol. The van der Waals surface area contributed by atoms with Crippen LogP contribution in [-0.2, 0) is 14.8 Å². The van der Waals surface area contributed by atoms with Gasteiger partial charge in [0.1, 0.15) is 4.90 Å². The van der Waals surface area contributed by atoms with Crippen LogP contribution in [-0.4, -0.2) is 68.7 Å². The van der Waals surface area contributed by atoms with Crippen LogP contribution in [0.15, 0.2) is 17.0 Å². The molecule has 1 aliphatic heterocycles. The Balaban J connectivity index is 2.08. The summed E-state index contributed by atoms with van der Waals surface area (Å²) < 4.78 is 32.0. The monoisotopic (exact) mass is 382 g/mol. The molecule has 0 spiro atoms. The summed E-state index contributed by atoms with van der Waals surface area (Å²) in [6, 6.07) is 2.53. The lowest BCUT2D eigenvalue weighted by molar-refractivity contribution is 0.0979. The molecule has 2 rings (SSSR count). The zero-order valence-electron chi connectivity index (χ0n) is 12.8. The predicted molar refractivity (Wildman–Crippen MR) is 89.8 cm³/mol. The summed E-state index contributed by atoms with van der Waals surface area (Å²) in [5, 5.41) is 10.1. The van der Waals surface area contributed by atoms with E-state index in [1.165, 1.54) is 16.4 Å². The van der Waals surface area contributed by atoms with Gasteiger partial charge in [-0.3, -0.25) is 4.90 Å². The molecule has 0 aromatic heterocycles. The first-order valence-electron chi connectivity index (χ1n) is 7.34. The van der Waals surface area contributed by atoms with Crippen LogP contribution in [0.2, 0.25) is 10.0 Å². The van der Waals surface area contributed by atoms with Crippen molar-refractivity contribution in [1.82, 2.24) is 9.21 Å². The van der Waals surface area contributed by atoms with E-state index in [-0.39, 0.29) is 14.9 Å². The molecule has 0 amide bonds. The van der Waals surface area contributed by atoms with Crippen molar-refractivity contribution in [2.75, 3.05) is 45.9 Å². The average molecular weight is 383 g/mol. The Morgan fingerprint density at radius 2 is 1.87 bits per heavy atom. The van der Waals surface area contributed by atoms with E-state index in [0.717, 1.165) is 6.54 Å². The highest BCUT2D eigenvalue weighted by Gasteiger charge is 2.31. The topological polar surface area (TPSA) is 70.1 Å². The maximum Gasteiger partial charge on any atom is 0.246 e. The van der Waals surface area contributed by atoms with Gasteiger partial charge in [-0.1, -0.05) is 23.2 Å². The zero-order valence-corrected chi connectivity index (χ0v) is 15.2. The third-order valence-electron chi connectivity index (χ3n) is 3.70. The van der Waals surface area contributed by atoms with Gasteiger partial charge in [0, 0.05) is 44.4 Å². The summed E-state index contributed by atoms with van der Waals surface area (Å²) in [6.07, 6.45) is 0. The van der Waals surface area contributed by atoms with Crippen LogP contribution >= 0.6 is 23.2 Å². The van der Waals surface area contributed by atoms with E-state index in [0.29, 0.717) is 39.4 Å². The van der Waals surface area contributed by atoms with Gasteiger partial charge in [0.25, 0.3) is 0 Å². The molecule has 0 saturated carbocycles. The summed E-state index contributed by atoms with van der Waals surface area (Å²) in [7, 11) is -3.83. The molecule has 1 aliphatic rings. The molecule has 6 nitrogen and oxygen atoms in total. The normalized spacial score (nSPS) is 17.5. The summed E-state index contributed by atoms with van der Waals surface area (Å²) in [5.41, 5.74) is 0. The molecule has 130 valence electrons. The fraction of sp³-hybridized carbons (Fsp3) is 0.571. The second-order valence-electron chi connectivity index (χ2n) is 5.18. The van der Waals surface area contributed by atoms with E-state index in [4.69, 9.17) is 27.9 Å². The third kappa shape index (κ3) is 4.49. The van der Waals surface area contributed by atoms with E-state index in [1.807, 2.05) is 6.92 Å². The fourth-order valence-corrected chi connectivity index (χ4v) is 4.58. The SMILES string of the molecule is CCOCCN1CCN(S(=O)(=O)c2cc(Cl)cc(Cl)c2O)CC1. The van der Waals surface area contributed by atoms with E-state index < -0.39 is 15.8 Å². The van der Waals surface area contributed by atoms with Gasteiger partial charge in [-0.2, -0.15) is 4.31 Å². The highest BCUT2D eigenvalue weighted by Crippen LogP contribution is 2.35. The van der Waals surface area contributed by atoms with Crippen molar-refractivity contribution in [3.05, 3.63) is 22.2 Å². The maximum atomic E-state index is 12.7. The number of halogens is 2. The Bertz CT molecular complexity index is 646. The highest BCUT2D eigenvalue weighted by molar-refractivity contribution is 7.89. The van der Waals surface area contributed by atoms with Crippen molar-refractivity contribution >= 4 is 33.2 Å². The van der Waals surface area contributed by atoms with Crippen LogP contribution in [0.3, 0.4) is 0 Å². The van der Waals surface area contributed by atoms with E-state index in [2.05, 4.69) is 4.90 Å². The van der Waals surface area contributed by atoms with E-state index in [9.17, 15) is 13.5 Å². The van der Waals surface area contributed by atoms with E-state index >= 15 is 0 Å². The van der Waals surface area contributed by atoms with Crippen LogP contribution in [0, 0.1) is 0 Å². The first-order chi connectivity index (χ1) is 10.9. The van der Waals surface area contributed by atoms with Gasteiger partial charge < -0.3 is 9.84 Å². The summed E-state index contributed by atoms with van der Waals surface area (Å²) >= 11 is 11.7. The highest BCUT2D eigenvalue weighted by atomic mass is 35.5. The molecule has 1 saturated heterocycles. The number of hydrogen-bond acceptors (Lipinski definition) is 5.